The van der Waals surface area contributed by atoms with Gasteiger partial charge in [0.2, 0.25) is 5.78 Å². The van der Waals surface area contributed by atoms with Crippen LogP contribution in [-0.2, 0) is 20.9 Å². The van der Waals surface area contributed by atoms with E-state index in [1.807, 2.05) is 39.0 Å². The van der Waals surface area contributed by atoms with Crippen LogP contribution in [0.25, 0.3) is 21.8 Å². The van der Waals surface area contributed by atoms with Crippen molar-refractivity contribution in [3.05, 3.63) is 77.4 Å². The number of ether oxygens (including phenoxy) is 2. The highest BCUT2D eigenvalue weighted by atomic mass is 16.7. The molecule has 0 fully saturated rings. The number of aryl methyl sites for hydroxylation is 1. The average molecular weight is 585 g/mol. The van der Waals surface area contributed by atoms with E-state index < -0.39 is 12.1 Å². The smallest absolute Gasteiger partial charge is 0.434 e. The number of fused-ring (bicyclic) bond motifs is 3. The van der Waals surface area contributed by atoms with E-state index >= 15 is 0 Å². The molecule has 1 heterocycles. The van der Waals surface area contributed by atoms with E-state index in [1.165, 1.54) is 6.92 Å². The number of carbonyl (C=O) groups excluding carboxylic acids is 4. The second-order valence-electron chi connectivity index (χ2n) is 10.2. The first-order valence-electron chi connectivity index (χ1n) is 14.6. The fourth-order valence-corrected chi connectivity index (χ4v) is 4.82. The van der Waals surface area contributed by atoms with Gasteiger partial charge in [-0.15, -0.1) is 0 Å². The Balaban J connectivity index is 1.65. The molecule has 0 atom stereocenters. The highest BCUT2D eigenvalue weighted by molar-refractivity contribution is 6.46. The van der Waals surface area contributed by atoms with E-state index in [0.717, 1.165) is 47.5 Å². The van der Waals surface area contributed by atoms with Gasteiger partial charge in [0.05, 0.1) is 6.61 Å². The van der Waals surface area contributed by atoms with Gasteiger partial charge in [-0.2, -0.15) is 0 Å². The first-order valence-corrected chi connectivity index (χ1v) is 14.6. The molecule has 3 aromatic carbocycles. The minimum atomic E-state index is -0.779. The zero-order valence-electron chi connectivity index (χ0n) is 25.0. The lowest BCUT2D eigenvalue weighted by Gasteiger charge is -2.07. The Morgan fingerprint density at radius 2 is 1.37 bits per heavy atom. The Hall–Kier alpha value is -4.79. The summed E-state index contributed by atoms with van der Waals surface area (Å²) in [6.45, 7) is 8.27. The lowest BCUT2D eigenvalue weighted by molar-refractivity contribution is -0.140. The number of aromatic nitrogens is 1. The third-order valence-electron chi connectivity index (χ3n) is 7.05. The number of carbonyl (C=O) groups is 4. The Morgan fingerprint density at radius 1 is 0.767 bits per heavy atom. The van der Waals surface area contributed by atoms with Gasteiger partial charge >= 0.3 is 12.1 Å². The number of hydrogen-bond donors (Lipinski definition) is 0. The molecule has 0 aliphatic heterocycles. The largest absolute Gasteiger partial charge is 0.513 e. The van der Waals surface area contributed by atoms with E-state index in [-0.39, 0.29) is 23.0 Å². The average Bonchev–Trinajstić information content (AvgIpc) is 3.33. The van der Waals surface area contributed by atoms with Gasteiger partial charge in [0, 0.05) is 52.0 Å². The summed E-state index contributed by atoms with van der Waals surface area (Å²) in [5, 5.41) is 5.50. The molecule has 0 N–H and O–H groups in total. The van der Waals surface area contributed by atoms with E-state index in [2.05, 4.69) is 9.72 Å². The third kappa shape index (κ3) is 7.35. The summed E-state index contributed by atoms with van der Waals surface area (Å²) in [6, 6.07) is 17.3. The minimum Gasteiger partial charge on any atom is -0.434 e. The maximum Gasteiger partial charge on any atom is 0.513 e. The molecule has 0 saturated heterocycles. The summed E-state index contributed by atoms with van der Waals surface area (Å²) in [4.78, 5) is 54.8. The van der Waals surface area contributed by atoms with Crippen molar-refractivity contribution < 1.29 is 33.5 Å². The number of hydrogen-bond acceptors (Lipinski definition) is 8. The number of ketones is 2. The van der Waals surface area contributed by atoms with Crippen LogP contribution in [-0.4, -0.2) is 40.6 Å². The van der Waals surface area contributed by atoms with Crippen molar-refractivity contribution in [1.82, 2.24) is 4.57 Å². The van der Waals surface area contributed by atoms with Crippen LogP contribution in [0.4, 0.5) is 4.79 Å². The normalized spacial score (nSPS) is 11.5. The second kappa shape index (κ2) is 14.4. The fraction of sp³-hybridized carbons (Fsp3) is 0.324. The summed E-state index contributed by atoms with van der Waals surface area (Å²) >= 11 is 0. The molecular weight excluding hydrogens is 548 g/mol. The van der Waals surface area contributed by atoms with Crippen molar-refractivity contribution in [2.24, 2.45) is 5.16 Å². The van der Waals surface area contributed by atoms with Gasteiger partial charge < -0.3 is 18.9 Å². The van der Waals surface area contributed by atoms with Gasteiger partial charge in [0.1, 0.15) is 11.5 Å². The Bertz CT molecular complexity index is 1680. The second-order valence-corrected chi connectivity index (χ2v) is 10.2. The zero-order valence-corrected chi connectivity index (χ0v) is 25.0. The maximum atomic E-state index is 13.5. The molecule has 9 nitrogen and oxygen atoms in total. The van der Waals surface area contributed by atoms with Gasteiger partial charge in [-0.05, 0) is 86.8 Å². The van der Waals surface area contributed by atoms with Gasteiger partial charge in [0.25, 0.3) is 0 Å². The highest BCUT2D eigenvalue weighted by Crippen LogP contribution is 2.32. The minimum absolute atomic E-state index is 0.188. The van der Waals surface area contributed by atoms with Crippen molar-refractivity contribution in [1.29, 1.82) is 0 Å². The van der Waals surface area contributed by atoms with Crippen LogP contribution >= 0.6 is 0 Å². The number of unbranched alkanes of at least 4 members (excludes halogenated alkanes) is 2. The Kier molecular flexibility index (Phi) is 10.4. The number of rotatable bonds is 13. The zero-order chi connectivity index (χ0) is 30.9. The van der Waals surface area contributed by atoms with Crippen LogP contribution in [0.1, 0.15) is 86.1 Å². The number of oxime groups is 1. The Labute approximate surface area is 250 Å². The lowest BCUT2D eigenvalue weighted by Crippen LogP contribution is -2.15. The first kappa shape index (κ1) is 31.2. The van der Waals surface area contributed by atoms with Crippen molar-refractivity contribution in [3.8, 4) is 5.75 Å². The molecule has 0 aliphatic carbocycles. The molecule has 4 aromatic rings. The SMILES string of the molecule is CCCCOC(=O)Oc1ccc(C(=O)c2ccc3c(c2)c2cc(C(=O)/C(CCCC)=N/OC(C)=O)ccc2n3CC)cc1. The molecule has 0 radical (unpaired) electrons. The molecule has 1 aromatic heterocycles. The third-order valence-corrected chi connectivity index (χ3v) is 7.05. The van der Waals surface area contributed by atoms with Crippen LogP contribution in [0.5, 0.6) is 5.75 Å². The maximum absolute atomic E-state index is 13.5. The van der Waals surface area contributed by atoms with Crippen LogP contribution in [0.3, 0.4) is 0 Å². The standard InChI is InChI=1S/C34H36N2O7/c1-5-8-10-29(35-43-22(4)37)33(39)25-14-18-31-28(21-25)27-20-24(13-17-30(27)36(31)7-3)32(38)23-11-15-26(16-12-23)42-34(40)41-19-9-6-2/h11-18,20-21H,5-10,19H2,1-4H3/b35-29+. The van der Waals surface area contributed by atoms with Gasteiger partial charge in [-0.1, -0.05) is 31.8 Å². The van der Waals surface area contributed by atoms with Crippen molar-refractivity contribution in [3.63, 3.8) is 0 Å². The molecule has 43 heavy (non-hydrogen) atoms. The number of Topliss-reactive ketones (excluding diaryl/α,β-unsaturated/α-hetero) is 1. The van der Waals surface area contributed by atoms with Gasteiger partial charge in [-0.3, -0.25) is 9.59 Å². The molecule has 0 aliphatic rings. The monoisotopic (exact) mass is 584 g/mol. The topological polar surface area (TPSA) is 113 Å². The van der Waals surface area contributed by atoms with Gasteiger partial charge in [0.15, 0.2) is 5.78 Å². The molecule has 0 bridgehead atoms. The molecule has 0 amide bonds. The highest BCUT2D eigenvalue weighted by Gasteiger charge is 2.19. The van der Waals surface area contributed by atoms with Crippen LogP contribution in [0.2, 0.25) is 0 Å². The fourth-order valence-electron chi connectivity index (χ4n) is 4.82. The molecule has 0 unspecified atom stereocenters. The van der Waals surface area contributed by atoms with Gasteiger partial charge in [-0.25, -0.2) is 9.59 Å². The van der Waals surface area contributed by atoms with Crippen LogP contribution < -0.4 is 4.74 Å². The molecule has 224 valence electrons. The summed E-state index contributed by atoms with van der Waals surface area (Å²) in [5.74, 6) is -0.809. The predicted molar refractivity (Wildman–Crippen MR) is 165 cm³/mol. The van der Waals surface area contributed by atoms with Crippen molar-refractivity contribution in [2.45, 2.75) is 66.3 Å². The number of nitrogens with zero attached hydrogens (tertiary/aromatic N) is 2. The quantitative estimate of drug-likeness (QED) is 0.0302. The van der Waals surface area contributed by atoms with Crippen molar-refractivity contribution >= 4 is 51.2 Å². The lowest BCUT2D eigenvalue weighted by atomic mass is 9.99. The summed E-state index contributed by atoms with van der Waals surface area (Å²) < 4.78 is 12.3. The molecule has 0 saturated carbocycles. The number of benzene rings is 3. The van der Waals surface area contributed by atoms with E-state index in [9.17, 15) is 19.2 Å². The van der Waals surface area contributed by atoms with E-state index in [4.69, 9.17) is 14.3 Å². The van der Waals surface area contributed by atoms with E-state index in [1.54, 1.807) is 42.5 Å². The molecule has 4 rings (SSSR count). The van der Waals surface area contributed by atoms with Crippen molar-refractivity contribution in [2.75, 3.05) is 6.61 Å². The molecule has 9 heteroatoms. The summed E-state index contributed by atoms with van der Waals surface area (Å²) in [6.07, 6.45) is 2.85. The molecule has 0 spiro atoms. The Morgan fingerprint density at radius 3 is 1.98 bits per heavy atom. The predicted octanol–water partition coefficient (Wildman–Crippen LogP) is 7.65. The molecular formula is C34H36N2O7. The first-order chi connectivity index (χ1) is 20.8. The summed E-state index contributed by atoms with van der Waals surface area (Å²) in [5.41, 5.74) is 3.38. The summed E-state index contributed by atoms with van der Waals surface area (Å²) in [7, 11) is 0. The van der Waals surface area contributed by atoms with Crippen LogP contribution in [0.15, 0.2) is 65.8 Å². The van der Waals surface area contributed by atoms with E-state index in [0.29, 0.717) is 36.3 Å². The van der Waals surface area contributed by atoms with Crippen LogP contribution in [0, 0.1) is 0 Å².